The van der Waals surface area contributed by atoms with Crippen molar-refractivity contribution in [3.8, 4) is 11.3 Å². The molecule has 0 aliphatic heterocycles. The van der Waals surface area contributed by atoms with Crippen LogP contribution in [0.1, 0.15) is 38.1 Å². The fourth-order valence-corrected chi connectivity index (χ4v) is 4.75. The summed E-state index contributed by atoms with van der Waals surface area (Å²) in [5.41, 5.74) is 1.61. The van der Waals surface area contributed by atoms with Crippen LogP contribution in [0.4, 0.5) is 15.8 Å². The monoisotopic (exact) mass is 397 g/mol. The molecule has 144 valence electrons. The summed E-state index contributed by atoms with van der Waals surface area (Å²) < 4.78 is 16.6. The van der Waals surface area contributed by atoms with Crippen LogP contribution < -0.4 is 4.80 Å². The Morgan fingerprint density at radius 3 is 2.54 bits per heavy atom. The summed E-state index contributed by atoms with van der Waals surface area (Å²) in [5, 5.41) is 13.3. The first-order valence-electron chi connectivity index (χ1n) is 9.38. The van der Waals surface area contributed by atoms with Gasteiger partial charge in [0, 0.05) is 23.1 Å². The zero-order chi connectivity index (χ0) is 19.5. The molecule has 0 radical (unpaired) electrons. The Labute approximate surface area is 166 Å². The van der Waals surface area contributed by atoms with Crippen molar-refractivity contribution >= 4 is 22.7 Å². The molecule has 2 aromatic carbocycles. The normalized spacial score (nSPS) is 15.7. The molecule has 0 spiro atoms. The van der Waals surface area contributed by atoms with E-state index in [-0.39, 0.29) is 17.5 Å². The van der Waals surface area contributed by atoms with E-state index in [2.05, 4.69) is 9.56 Å². The quantitative estimate of drug-likeness (QED) is 0.400. The molecule has 0 atom stereocenters. The average Bonchev–Trinajstić information content (AvgIpc) is 3.12. The van der Waals surface area contributed by atoms with Gasteiger partial charge < -0.3 is 4.57 Å². The molecule has 0 N–H and O–H groups in total. The van der Waals surface area contributed by atoms with Crippen LogP contribution in [0.3, 0.4) is 0 Å². The number of nitrogens with zero attached hydrogens (tertiary/aromatic N) is 3. The number of benzene rings is 2. The number of nitro groups is 1. The van der Waals surface area contributed by atoms with E-state index < -0.39 is 4.92 Å². The summed E-state index contributed by atoms with van der Waals surface area (Å²) in [5.74, 6) is -0.276. The lowest BCUT2D eigenvalue weighted by atomic mass is 9.95. The van der Waals surface area contributed by atoms with Crippen molar-refractivity contribution < 1.29 is 9.31 Å². The zero-order valence-electron chi connectivity index (χ0n) is 15.3. The van der Waals surface area contributed by atoms with Crippen LogP contribution in [0.25, 0.3) is 11.3 Å². The minimum absolute atomic E-state index is 0.0291. The van der Waals surface area contributed by atoms with Gasteiger partial charge >= 0.3 is 0 Å². The standard InChI is InChI=1S/C21H20FN3O2S/c22-17-11-5-4-10-16(17)20-14-28-21(24(20)15-8-2-1-3-9-15)23-18-12-6-7-13-19(18)25(26)27/h4-7,10-15H,1-3,8-9H2. The van der Waals surface area contributed by atoms with Gasteiger partial charge in [0.1, 0.15) is 11.5 Å². The molecule has 3 aromatic rings. The number of aromatic nitrogens is 1. The highest BCUT2D eigenvalue weighted by molar-refractivity contribution is 7.07. The first-order valence-corrected chi connectivity index (χ1v) is 10.3. The molecule has 4 rings (SSSR count). The summed E-state index contributed by atoms with van der Waals surface area (Å²) in [4.78, 5) is 16.2. The third kappa shape index (κ3) is 3.62. The molecule has 1 aromatic heterocycles. The van der Waals surface area contributed by atoms with Crippen LogP contribution in [-0.2, 0) is 0 Å². The number of rotatable bonds is 4. The maximum Gasteiger partial charge on any atom is 0.294 e. The maximum atomic E-state index is 14.5. The highest BCUT2D eigenvalue weighted by Crippen LogP contribution is 2.34. The van der Waals surface area contributed by atoms with Crippen molar-refractivity contribution in [2.75, 3.05) is 0 Å². The molecule has 0 saturated heterocycles. The number of hydrogen-bond acceptors (Lipinski definition) is 4. The minimum Gasteiger partial charge on any atom is -0.313 e. The van der Waals surface area contributed by atoms with Gasteiger partial charge in [0.15, 0.2) is 4.80 Å². The van der Waals surface area contributed by atoms with Gasteiger partial charge in [-0.25, -0.2) is 9.38 Å². The Morgan fingerprint density at radius 1 is 1.07 bits per heavy atom. The first-order chi connectivity index (χ1) is 13.6. The van der Waals surface area contributed by atoms with Gasteiger partial charge in [-0.3, -0.25) is 10.1 Å². The summed E-state index contributed by atoms with van der Waals surface area (Å²) >= 11 is 1.40. The lowest BCUT2D eigenvalue weighted by Crippen LogP contribution is -2.24. The fourth-order valence-electron chi connectivity index (χ4n) is 3.78. The predicted molar refractivity (Wildman–Crippen MR) is 108 cm³/mol. The molecule has 0 bridgehead atoms. The number of hydrogen-bond donors (Lipinski definition) is 0. The highest BCUT2D eigenvalue weighted by Gasteiger charge is 2.22. The van der Waals surface area contributed by atoms with Gasteiger partial charge in [-0.1, -0.05) is 43.5 Å². The lowest BCUT2D eigenvalue weighted by Gasteiger charge is -2.25. The highest BCUT2D eigenvalue weighted by atomic mass is 32.1. The van der Waals surface area contributed by atoms with E-state index in [9.17, 15) is 14.5 Å². The molecule has 1 fully saturated rings. The van der Waals surface area contributed by atoms with E-state index >= 15 is 0 Å². The molecule has 1 saturated carbocycles. The molecule has 7 heteroatoms. The topological polar surface area (TPSA) is 60.4 Å². The number of nitro benzene ring substituents is 1. The second-order valence-corrected chi connectivity index (χ2v) is 7.74. The number of halogens is 1. The second-order valence-electron chi connectivity index (χ2n) is 6.90. The fraction of sp³-hybridized carbons (Fsp3) is 0.286. The molecule has 1 aliphatic rings. The molecular weight excluding hydrogens is 377 g/mol. The van der Waals surface area contributed by atoms with E-state index in [4.69, 9.17) is 0 Å². The molecule has 5 nitrogen and oxygen atoms in total. The maximum absolute atomic E-state index is 14.5. The SMILES string of the molecule is O=[N+]([O-])c1ccccc1N=c1scc(-c2ccccc2F)n1C1CCCCC1. The van der Waals surface area contributed by atoms with E-state index in [1.54, 1.807) is 30.3 Å². The largest absolute Gasteiger partial charge is 0.313 e. The molecular formula is C21H20FN3O2S. The van der Waals surface area contributed by atoms with E-state index in [1.807, 2.05) is 11.4 Å². The summed E-state index contributed by atoms with van der Waals surface area (Å²) in [6.07, 6.45) is 5.45. The number of para-hydroxylation sites is 2. The Bertz CT molecular complexity index is 1070. The minimum atomic E-state index is -0.421. The second kappa shape index (κ2) is 8.06. The molecule has 1 heterocycles. The predicted octanol–water partition coefficient (Wildman–Crippen LogP) is 6.00. The zero-order valence-corrected chi connectivity index (χ0v) is 16.1. The summed E-state index contributed by atoms with van der Waals surface area (Å²) in [6.45, 7) is 0. The Morgan fingerprint density at radius 2 is 1.79 bits per heavy atom. The van der Waals surface area contributed by atoms with Crippen molar-refractivity contribution in [3.63, 3.8) is 0 Å². The Hall–Kier alpha value is -2.80. The van der Waals surface area contributed by atoms with Crippen LogP contribution in [-0.4, -0.2) is 9.49 Å². The summed E-state index contributed by atoms with van der Waals surface area (Å²) in [7, 11) is 0. The van der Waals surface area contributed by atoms with Crippen LogP contribution in [0.5, 0.6) is 0 Å². The molecule has 0 unspecified atom stereocenters. The molecule has 28 heavy (non-hydrogen) atoms. The van der Waals surface area contributed by atoms with Crippen molar-refractivity contribution in [2.45, 2.75) is 38.1 Å². The smallest absolute Gasteiger partial charge is 0.294 e. The van der Waals surface area contributed by atoms with E-state index in [0.29, 0.717) is 16.1 Å². The van der Waals surface area contributed by atoms with Crippen LogP contribution in [0.15, 0.2) is 58.9 Å². The Balaban J connectivity index is 1.91. The summed E-state index contributed by atoms with van der Waals surface area (Å²) in [6, 6.07) is 13.4. The van der Waals surface area contributed by atoms with Crippen LogP contribution >= 0.6 is 11.3 Å². The van der Waals surface area contributed by atoms with Crippen LogP contribution in [0.2, 0.25) is 0 Å². The van der Waals surface area contributed by atoms with Gasteiger partial charge in [0.05, 0.1) is 10.6 Å². The van der Waals surface area contributed by atoms with Gasteiger partial charge in [-0.15, -0.1) is 11.3 Å². The van der Waals surface area contributed by atoms with Crippen molar-refractivity contribution in [3.05, 3.63) is 74.6 Å². The first kappa shape index (κ1) is 18.6. The molecule has 1 aliphatic carbocycles. The number of thiazole rings is 1. The van der Waals surface area contributed by atoms with Crippen molar-refractivity contribution in [2.24, 2.45) is 4.99 Å². The molecule has 0 amide bonds. The van der Waals surface area contributed by atoms with E-state index in [0.717, 1.165) is 31.4 Å². The van der Waals surface area contributed by atoms with Gasteiger partial charge in [-0.05, 0) is 31.0 Å². The van der Waals surface area contributed by atoms with E-state index in [1.165, 1.54) is 29.9 Å². The van der Waals surface area contributed by atoms with Crippen LogP contribution in [0, 0.1) is 15.9 Å². The Kier molecular flexibility index (Phi) is 5.34. The lowest BCUT2D eigenvalue weighted by molar-refractivity contribution is -0.384. The van der Waals surface area contributed by atoms with Gasteiger partial charge in [0.25, 0.3) is 5.69 Å². The van der Waals surface area contributed by atoms with Crippen molar-refractivity contribution in [1.82, 2.24) is 4.57 Å². The average molecular weight is 397 g/mol. The third-order valence-electron chi connectivity index (χ3n) is 5.13. The third-order valence-corrected chi connectivity index (χ3v) is 5.97. The van der Waals surface area contributed by atoms with Gasteiger partial charge in [-0.2, -0.15) is 0 Å². The van der Waals surface area contributed by atoms with Gasteiger partial charge in [0.2, 0.25) is 0 Å². The van der Waals surface area contributed by atoms with Crippen molar-refractivity contribution in [1.29, 1.82) is 0 Å².